The average molecular weight is 397 g/mol. The molecule has 6 heteroatoms. The van der Waals surface area contributed by atoms with Crippen LogP contribution in [0.25, 0.3) is 0 Å². The highest BCUT2D eigenvalue weighted by Gasteiger charge is 2.18. The van der Waals surface area contributed by atoms with Gasteiger partial charge in [0.05, 0.1) is 0 Å². The maximum absolute atomic E-state index is 12.4. The zero-order valence-electron chi connectivity index (χ0n) is 14.9. The number of hydrogen-bond donors (Lipinski definition) is 1. The van der Waals surface area contributed by atoms with Crippen molar-refractivity contribution in [1.29, 1.82) is 0 Å². The smallest absolute Gasteiger partial charge is 0.164 e. The minimum Gasteiger partial charge on any atom is -0.457 e. The summed E-state index contributed by atoms with van der Waals surface area (Å²) in [4.78, 5) is 14.8. The van der Waals surface area contributed by atoms with E-state index in [0.29, 0.717) is 12.5 Å². The Morgan fingerprint density at radius 2 is 1.73 bits per heavy atom. The Morgan fingerprint density at radius 1 is 1.08 bits per heavy atom. The van der Waals surface area contributed by atoms with Gasteiger partial charge in [0.25, 0.3) is 0 Å². The third-order valence-corrected chi connectivity index (χ3v) is 4.42. The van der Waals surface area contributed by atoms with Crippen LogP contribution < -0.4 is 10.1 Å². The number of nitrogens with one attached hydrogen (secondary N) is 1. The predicted octanol–water partition coefficient (Wildman–Crippen LogP) is 4.19. The molecule has 1 heterocycles. The van der Waals surface area contributed by atoms with Crippen molar-refractivity contribution in [2.45, 2.75) is 19.4 Å². The summed E-state index contributed by atoms with van der Waals surface area (Å²) in [6.45, 7) is 6.04. The summed E-state index contributed by atoms with van der Waals surface area (Å²) in [5.41, 5.74) is 0.748. The number of rotatable bonds is 6. The highest BCUT2D eigenvalue weighted by molar-refractivity contribution is 5.96. The van der Waals surface area contributed by atoms with Crippen LogP contribution in [-0.2, 0) is 0 Å². The van der Waals surface area contributed by atoms with E-state index < -0.39 is 0 Å². The number of hydrogen-bond acceptors (Lipinski definition) is 4. The van der Waals surface area contributed by atoms with E-state index in [1.165, 1.54) is 0 Å². The summed E-state index contributed by atoms with van der Waals surface area (Å²) in [7, 11) is 0. The second-order valence-corrected chi connectivity index (χ2v) is 6.20. The highest BCUT2D eigenvalue weighted by atomic mass is 35.5. The SMILES string of the molecule is CC1CNCCN1CCC(=O)c1ccc(Oc2ccccc2)cc1.Cl.Cl. The lowest BCUT2D eigenvalue weighted by molar-refractivity contribution is 0.0942. The van der Waals surface area contributed by atoms with Crippen LogP contribution >= 0.6 is 24.8 Å². The van der Waals surface area contributed by atoms with Gasteiger partial charge in [-0.3, -0.25) is 9.69 Å². The van der Waals surface area contributed by atoms with E-state index in [9.17, 15) is 4.79 Å². The summed E-state index contributed by atoms with van der Waals surface area (Å²) in [5.74, 6) is 1.73. The number of Topliss-reactive ketones (excluding diaryl/α,β-unsaturated/α-hetero) is 1. The summed E-state index contributed by atoms with van der Waals surface area (Å²) < 4.78 is 5.76. The van der Waals surface area contributed by atoms with Gasteiger partial charge in [-0.2, -0.15) is 0 Å². The van der Waals surface area contributed by atoms with Gasteiger partial charge in [-0.15, -0.1) is 24.8 Å². The van der Waals surface area contributed by atoms with Crippen molar-refractivity contribution in [3.8, 4) is 11.5 Å². The molecular weight excluding hydrogens is 371 g/mol. The molecule has 0 spiro atoms. The first-order valence-electron chi connectivity index (χ1n) is 8.53. The van der Waals surface area contributed by atoms with Gasteiger partial charge in [0.2, 0.25) is 0 Å². The van der Waals surface area contributed by atoms with Crippen LogP contribution in [0.5, 0.6) is 11.5 Å². The maximum atomic E-state index is 12.4. The Morgan fingerprint density at radius 3 is 2.38 bits per heavy atom. The standard InChI is InChI=1S/C20H24N2O2.2ClH/c1-16-15-21-12-14-22(16)13-11-20(23)17-7-9-19(10-8-17)24-18-5-3-2-4-6-18;;/h2-10,16,21H,11-15H2,1H3;2*1H. The minimum absolute atomic E-state index is 0. The summed E-state index contributed by atoms with van der Waals surface area (Å²) >= 11 is 0. The van der Waals surface area contributed by atoms with Gasteiger partial charge in [-0.25, -0.2) is 0 Å². The van der Waals surface area contributed by atoms with Crippen LogP contribution in [0.1, 0.15) is 23.7 Å². The number of piperazine rings is 1. The third kappa shape index (κ3) is 6.29. The lowest BCUT2D eigenvalue weighted by Gasteiger charge is -2.33. The molecule has 1 saturated heterocycles. The van der Waals surface area contributed by atoms with Crippen LogP contribution in [0.15, 0.2) is 54.6 Å². The fraction of sp³-hybridized carbons (Fsp3) is 0.350. The predicted molar refractivity (Wildman–Crippen MR) is 110 cm³/mol. The monoisotopic (exact) mass is 396 g/mol. The van der Waals surface area contributed by atoms with Gasteiger partial charge >= 0.3 is 0 Å². The fourth-order valence-electron chi connectivity index (χ4n) is 2.94. The second kappa shape index (κ2) is 11.2. The molecule has 0 saturated carbocycles. The molecule has 2 aromatic carbocycles. The largest absolute Gasteiger partial charge is 0.457 e. The van der Waals surface area contributed by atoms with E-state index in [2.05, 4.69) is 17.1 Å². The topological polar surface area (TPSA) is 41.6 Å². The number of carbonyl (C=O) groups is 1. The number of para-hydroxylation sites is 1. The van der Waals surface area contributed by atoms with Crippen LogP contribution in [0.2, 0.25) is 0 Å². The first-order valence-corrected chi connectivity index (χ1v) is 8.53. The van der Waals surface area contributed by atoms with Crippen molar-refractivity contribution in [1.82, 2.24) is 10.2 Å². The fourth-order valence-corrected chi connectivity index (χ4v) is 2.94. The van der Waals surface area contributed by atoms with Gasteiger partial charge in [-0.05, 0) is 43.3 Å². The number of halogens is 2. The maximum Gasteiger partial charge on any atom is 0.164 e. The van der Waals surface area contributed by atoms with Gasteiger partial charge in [0.15, 0.2) is 5.78 Å². The molecule has 3 rings (SSSR count). The summed E-state index contributed by atoms with van der Waals surface area (Å²) in [6.07, 6.45) is 0.559. The van der Waals surface area contributed by atoms with Crippen molar-refractivity contribution in [2.75, 3.05) is 26.2 Å². The number of ether oxygens (including phenoxy) is 1. The van der Waals surface area contributed by atoms with E-state index in [1.54, 1.807) is 0 Å². The zero-order chi connectivity index (χ0) is 16.8. The second-order valence-electron chi connectivity index (χ2n) is 6.20. The van der Waals surface area contributed by atoms with Crippen LogP contribution in [-0.4, -0.2) is 42.9 Å². The minimum atomic E-state index is 0. The summed E-state index contributed by atoms with van der Waals surface area (Å²) in [6, 6.07) is 17.5. The molecule has 0 aliphatic carbocycles. The molecule has 1 fully saturated rings. The quantitative estimate of drug-likeness (QED) is 0.743. The van der Waals surface area contributed by atoms with Gasteiger partial charge in [0, 0.05) is 44.2 Å². The molecule has 0 radical (unpaired) electrons. The number of nitrogens with zero attached hydrogens (tertiary/aromatic N) is 1. The van der Waals surface area contributed by atoms with Crippen LogP contribution in [0, 0.1) is 0 Å². The number of ketones is 1. The van der Waals surface area contributed by atoms with Crippen LogP contribution in [0.3, 0.4) is 0 Å². The number of carbonyl (C=O) groups excluding carboxylic acids is 1. The Labute approximate surface area is 167 Å². The van der Waals surface area contributed by atoms with E-state index in [4.69, 9.17) is 4.74 Å². The molecule has 2 aromatic rings. The van der Waals surface area contributed by atoms with E-state index in [0.717, 1.165) is 43.2 Å². The molecule has 1 atom stereocenters. The van der Waals surface area contributed by atoms with Crippen molar-refractivity contribution < 1.29 is 9.53 Å². The molecule has 1 unspecified atom stereocenters. The third-order valence-electron chi connectivity index (χ3n) is 4.42. The first kappa shape index (κ1) is 22.5. The van der Waals surface area contributed by atoms with Gasteiger partial charge < -0.3 is 10.1 Å². The van der Waals surface area contributed by atoms with Crippen molar-refractivity contribution in [3.05, 3.63) is 60.2 Å². The van der Waals surface area contributed by atoms with E-state index in [-0.39, 0.29) is 30.6 Å². The molecular formula is C20H26Cl2N2O2. The lowest BCUT2D eigenvalue weighted by atomic mass is 10.1. The highest BCUT2D eigenvalue weighted by Crippen LogP contribution is 2.21. The lowest BCUT2D eigenvalue weighted by Crippen LogP contribution is -2.50. The molecule has 4 nitrogen and oxygen atoms in total. The van der Waals surface area contributed by atoms with E-state index >= 15 is 0 Å². The van der Waals surface area contributed by atoms with Crippen molar-refractivity contribution >= 4 is 30.6 Å². The molecule has 0 amide bonds. The molecule has 0 aromatic heterocycles. The Bertz CT molecular complexity index is 665. The van der Waals surface area contributed by atoms with Crippen molar-refractivity contribution in [3.63, 3.8) is 0 Å². The van der Waals surface area contributed by atoms with Gasteiger partial charge in [-0.1, -0.05) is 18.2 Å². The molecule has 1 aliphatic heterocycles. The van der Waals surface area contributed by atoms with Gasteiger partial charge in [0.1, 0.15) is 11.5 Å². The molecule has 142 valence electrons. The Balaban J connectivity index is 0.00000169. The average Bonchev–Trinajstić information content (AvgIpc) is 2.62. The van der Waals surface area contributed by atoms with Crippen LogP contribution in [0.4, 0.5) is 0 Å². The normalized spacial score (nSPS) is 16.9. The van der Waals surface area contributed by atoms with E-state index in [1.807, 2.05) is 54.6 Å². The zero-order valence-corrected chi connectivity index (χ0v) is 16.5. The Hall–Kier alpha value is -1.59. The Kier molecular flexibility index (Phi) is 9.66. The first-order chi connectivity index (χ1) is 11.7. The summed E-state index contributed by atoms with van der Waals surface area (Å²) in [5, 5.41) is 3.37. The molecule has 1 aliphatic rings. The molecule has 26 heavy (non-hydrogen) atoms. The molecule has 0 bridgehead atoms. The number of benzene rings is 2. The van der Waals surface area contributed by atoms with Crippen molar-refractivity contribution in [2.24, 2.45) is 0 Å². The molecule has 1 N–H and O–H groups in total.